The molecule has 1 unspecified atom stereocenters. The Labute approximate surface area is 88.9 Å². The number of rotatable bonds is 1. The van der Waals surface area contributed by atoms with Gasteiger partial charge in [0, 0.05) is 6.04 Å². The largest absolute Gasteiger partial charge is 0.506 e. The first-order valence-corrected chi connectivity index (χ1v) is 5.37. The highest BCUT2D eigenvalue weighted by atomic mass is 35.5. The molecule has 14 heavy (non-hydrogen) atoms. The van der Waals surface area contributed by atoms with Gasteiger partial charge in [0.25, 0.3) is 0 Å². The molecule has 1 aromatic rings. The van der Waals surface area contributed by atoms with Gasteiger partial charge >= 0.3 is 0 Å². The second-order valence-electron chi connectivity index (χ2n) is 3.71. The fourth-order valence-corrected chi connectivity index (χ4v) is 2.00. The van der Waals surface area contributed by atoms with Crippen molar-refractivity contribution in [3.8, 4) is 5.75 Å². The molecular weight excluding hydrogens is 198 g/mol. The smallest absolute Gasteiger partial charge is 0.134 e. The molecule has 1 atom stereocenters. The Morgan fingerprint density at radius 3 is 2.86 bits per heavy atom. The molecule has 1 heterocycles. The standard InChI is InChI=1S/C11H14ClNO/c12-9-5-4-8(7-11(9)14)10-3-1-2-6-13-10/h4-5,7,10,13-14H,1-3,6H2. The van der Waals surface area contributed by atoms with Gasteiger partial charge in [-0.1, -0.05) is 24.1 Å². The van der Waals surface area contributed by atoms with Crippen molar-refractivity contribution in [2.24, 2.45) is 0 Å². The van der Waals surface area contributed by atoms with Crippen LogP contribution >= 0.6 is 11.6 Å². The highest BCUT2D eigenvalue weighted by Crippen LogP contribution is 2.29. The van der Waals surface area contributed by atoms with E-state index in [0.717, 1.165) is 18.5 Å². The minimum absolute atomic E-state index is 0.177. The predicted molar refractivity (Wildman–Crippen MR) is 57.7 cm³/mol. The Hall–Kier alpha value is -0.730. The molecule has 2 N–H and O–H groups in total. The summed E-state index contributed by atoms with van der Waals surface area (Å²) in [7, 11) is 0. The van der Waals surface area contributed by atoms with E-state index in [-0.39, 0.29) is 5.75 Å². The monoisotopic (exact) mass is 211 g/mol. The molecule has 2 nitrogen and oxygen atoms in total. The number of phenols is 1. The molecule has 0 bridgehead atoms. The number of hydrogen-bond donors (Lipinski definition) is 2. The van der Waals surface area contributed by atoms with Gasteiger partial charge in [0.2, 0.25) is 0 Å². The molecule has 0 aliphatic carbocycles. The minimum atomic E-state index is 0.177. The zero-order valence-corrected chi connectivity index (χ0v) is 8.72. The Balaban J connectivity index is 2.18. The van der Waals surface area contributed by atoms with E-state index in [1.54, 1.807) is 12.1 Å². The van der Waals surface area contributed by atoms with Crippen molar-refractivity contribution in [1.29, 1.82) is 0 Å². The first-order chi connectivity index (χ1) is 6.77. The SMILES string of the molecule is Oc1cc(C2CCCCN2)ccc1Cl. The van der Waals surface area contributed by atoms with E-state index in [0.29, 0.717) is 11.1 Å². The molecule has 1 aliphatic rings. The lowest BCUT2D eigenvalue weighted by molar-refractivity contribution is 0.409. The molecule has 1 aromatic carbocycles. The molecule has 0 aromatic heterocycles. The lowest BCUT2D eigenvalue weighted by atomic mass is 9.97. The molecule has 0 amide bonds. The maximum absolute atomic E-state index is 9.47. The summed E-state index contributed by atoms with van der Waals surface area (Å²) in [5, 5.41) is 13.3. The van der Waals surface area contributed by atoms with Gasteiger partial charge < -0.3 is 10.4 Å². The Morgan fingerprint density at radius 1 is 1.36 bits per heavy atom. The number of aromatic hydroxyl groups is 1. The second-order valence-corrected chi connectivity index (χ2v) is 4.12. The van der Waals surface area contributed by atoms with E-state index < -0.39 is 0 Å². The normalized spacial score (nSPS) is 22.2. The summed E-state index contributed by atoms with van der Waals surface area (Å²) >= 11 is 5.75. The average Bonchev–Trinajstić information content (AvgIpc) is 2.23. The summed E-state index contributed by atoms with van der Waals surface area (Å²) in [6.07, 6.45) is 3.64. The highest BCUT2D eigenvalue weighted by molar-refractivity contribution is 6.32. The van der Waals surface area contributed by atoms with Gasteiger partial charge in [-0.15, -0.1) is 0 Å². The Bertz CT molecular complexity index is 321. The van der Waals surface area contributed by atoms with Gasteiger partial charge in [0.05, 0.1) is 5.02 Å². The number of nitrogens with one attached hydrogen (secondary N) is 1. The minimum Gasteiger partial charge on any atom is -0.506 e. The van der Waals surface area contributed by atoms with Crippen LogP contribution in [-0.4, -0.2) is 11.7 Å². The number of halogens is 1. The third-order valence-electron chi connectivity index (χ3n) is 2.68. The van der Waals surface area contributed by atoms with Crippen molar-refractivity contribution in [3.05, 3.63) is 28.8 Å². The molecule has 0 radical (unpaired) electrons. The van der Waals surface area contributed by atoms with Crippen LogP contribution in [0.5, 0.6) is 5.75 Å². The van der Waals surface area contributed by atoms with Crippen molar-refractivity contribution in [3.63, 3.8) is 0 Å². The molecule has 0 spiro atoms. The highest BCUT2D eigenvalue weighted by Gasteiger charge is 2.15. The maximum Gasteiger partial charge on any atom is 0.134 e. The van der Waals surface area contributed by atoms with E-state index in [1.165, 1.54) is 12.8 Å². The van der Waals surface area contributed by atoms with Crippen LogP contribution in [0, 0.1) is 0 Å². The Morgan fingerprint density at radius 2 is 2.21 bits per heavy atom. The summed E-state index contributed by atoms with van der Waals surface area (Å²) in [5.41, 5.74) is 1.13. The molecule has 1 aliphatic heterocycles. The molecule has 1 saturated heterocycles. The van der Waals surface area contributed by atoms with Gasteiger partial charge in [-0.2, -0.15) is 0 Å². The zero-order chi connectivity index (χ0) is 9.97. The molecule has 3 heteroatoms. The van der Waals surface area contributed by atoms with Gasteiger partial charge in [-0.3, -0.25) is 0 Å². The maximum atomic E-state index is 9.47. The van der Waals surface area contributed by atoms with Crippen molar-refractivity contribution in [2.75, 3.05) is 6.54 Å². The summed E-state index contributed by atoms with van der Waals surface area (Å²) in [5.74, 6) is 0.177. The molecule has 1 fully saturated rings. The fraction of sp³-hybridized carbons (Fsp3) is 0.455. The first kappa shape index (κ1) is 9.81. The molecular formula is C11H14ClNO. The second kappa shape index (κ2) is 4.20. The summed E-state index contributed by atoms with van der Waals surface area (Å²) < 4.78 is 0. The zero-order valence-electron chi connectivity index (χ0n) is 7.96. The van der Waals surface area contributed by atoms with Gasteiger partial charge in [0.15, 0.2) is 0 Å². The van der Waals surface area contributed by atoms with Crippen LogP contribution < -0.4 is 5.32 Å². The van der Waals surface area contributed by atoms with E-state index in [1.807, 2.05) is 6.07 Å². The third-order valence-corrected chi connectivity index (χ3v) is 3.00. The van der Waals surface area contributed by atoms with Crippen LogP contribution in [0.1, 0.15) is 30.9 Å². The molecule has 76 valence electrons. The predicted octanol–water partition coefficient (Wildman–Crippen LogP) is 2.86. The lowest BCUT2D eigenvalue weighted by Gasteiger charge is -2.23. The number of hydrogen-bond acceptors (Lipinski definition) is 2. The van der Waals surface area contributed by atoms with Crippen molar-refractivity contribution in [1.82, 2.24) is 5.32 Å². The average molecular weight is 212 g/mol. The van der Waals surface area contributed by atoms with E-state index in [4.69, 9.17) is 11.6 Å². The van der Waals surface area contributed by atoms with Crippen LogP contribution in [0.25, 0.3) is 0 Å². The van der Waals surface area contributed by atoms with Crippen LogP contribution in [0.3, 0.4) is 0 Å². The van der Waals surface area contributed by atoms with Crippen molar-refractivity contribution >= 4 is 11.6 Å². The van der Waals surface area contributed by atoms with Crippen molar-refractivity contribution in [2.45, 2.75) is 25.3 Å². The summed E-state index contributed by atoms with van der Waals surface area (Å²) in [6, 6.07) is 5.87. The molecule has 0 saturated carbocycles. The number of piperidine rings is 1. The van der Waals surface area contributed by atoms with Crippen LogP contribution in [-0.2, 0) is 0 Å². The van der Waals surface area contributed by atoms with E-state index >= 15 is 0 Å². The third kappa shape index (κ3) is 2.02. The van der Waals surface area contributed by atoms with Gasteiger partial charge in [-0.05, 0) is 37.1 Å². The van der Waals surface area contributed by atoms with Gasteiger partial charge in [-0.25, -0.2) is 0 Å². The summed E-state index contributed by atoms with van der Waals surface area (Å²) in [6.45, 7) is 1.06. The molecule has 2 rings (SSSR count). The van der Waals surface area contributed by atoms with Gasteiger partial charge in [0.1, 0.15) is 5.75 Å². The first-order valence-electron chi connectivity index (χ1n) is 4.99. The van der Waals surface area contributed by atoms with Crippen LogP contribution in [0.15, 0.2) is 18.2 Å². The van der Waals surface area contributed by atoms with E-state index in [2.05, 4.69) is 5.32 Å². The summed E-state index contributed by atoms with van der Waals surface area (Å²) in [4.78, 5) is 0. The lowest BCUT2D eigenvalue weighted by Crippen LogP contribution is -2.26. The Kier molecular flexibility index (Phi) is 2.94. The van der Waals surface area contributed by atoms with Crippen molar-refractivity contribution < 1.29 is 5.11 Å². The van der Waals surface area contributed by atoms with Crippen LogP contribution in [0.2, 0.25) is 5.02 Å². The number of phenolic OH excluding ortho intramolecular Hbond substituents is 1. The number of benzene rings is 1. The van der Waals surface area contributed by atoms with E-state index in [9.17, 15) is 5.11 Å². The van der Waals surface area contributed by atoms with Crippen LogP contribution in [0.4, 0.5) is 0 Å². The quantitative estimate of drug-likeness (QED) is 0.749. The fourth-order valence-electron chi connectivity index (χ4n) is 1.88. The topological polar surface area (TPSA) is 32.3 Å².